The van der Waals surface area contributed by atoms with Crippen LogP contribution in [0.15, 0.2) is 29.8 Å². The fourth-order valence-electron chi connectivity index (χ4n) is 1.50. The highest BCUT2D eigenvalue weighted by Crippen LogP contribution is 2.33. The highest BCUT2D eigenvalue weighted by atomic mass is 16.4. The molecule has 14 heavy (non-hydrogen) atoms. The molecule has 0 aliphatic heterocycles. The zero-order valence-electron chi connectivity index (χ0n) is 7.15. The first-order chi connectivity index (χ1) is 6.74. The van der Waals surface area contributed by atoms with Crippen molar-refractivity contribution in [3.8, 4) is 0 Å². The first kappa shape index (κ1) is 8.48. The van der Waals surface area contributed by atoms with Crippen molar-refractivity contribution in [2.24, 2.45) is 0 Å². The molecule has 1 aliphatic carbocycles. The van der Waals surface area contributed by atoms with E-state index in [1.54, 1.807) is 30.2 Å². The van der Waals surface area contributed by atoms with Gasteiger partial charge in [-0.3, -0.25) is 0 Å². The molecule has 0 amide bonds. The highest BCUT2D eigenvalue weighted by Gasteiger charge is 2.24. The van der Waals surface area contributed by atoms with Gasteiger partial charge in [0.1, 0.15) is 5.94 Å². The lowest BCUT2D eigenvalue weighted by Gasteiger charge is -1.97. The molecule has 3 heteroatoms. The molecule has 2 rings (SSSR count). The van der Waals surface area contributed by atoms with Gasteiger partial charge in [0.25, 0.3) is 0 Å². The molecular formula is C11H6O3. The van der Waals surface area contributed by atoms with Gasteiger partial charge in [0.2, 0.25) is 0 Å². The number of aliphatic carboxylic acids is 1. The molecule has 0 spiro atoms. The molecule has 0 atom stereocenters. The lowest BCUT2D eigenvalue weighted by molar-refractivity contribution is -0.132. The standard InChI is InChI=1S/C11H6O3/c12-6-10-8-4-2-1-3-7(8)5-9(10)11(13)14/h1-5H,(H,13,14). The third-order valence-corrected chi connectivity index (χ3v) is 2.13. The Kier molecular flexibility index (Phi) is 1.80. The van der Waals surface area contributed by atoms with Crippen LogP contribution in [0, 0.1) is 0 Å². The maximum Gasteiger partial charge on any atom is 0.337 e. The van der Waals surface area contributed by atoms with Crippen LogP contribution >= 0.6 is 0 Å². The van der Waals surface area contributed by atoms with Crippen molar-refractivity contribution in [2.45, 2.75) is 0 Å². The van der Waals surface area contributed by atoms with Crippen LogP contribution in [0.1, 0.15) is 11.1 Å². The zero-order chi connectivity index (χ0) is 10.1. The van der Waals surface area contributed by atoms with Gasteiger partial charge in [0.05, 0.1) is 11.1 Å². The van der Waals surface area contributed by atoms with E-state index in [-0.39, 0.29) is 11.1 Å². The van der Waals surface area contributed by atoms with Crippen LogP contribution in [-0.2, 0) is 9.59 Å². The Morgan fingerprint density at radius 1 is 1.29 bits per heavy atom. The Hall–Kier alpha value is -2.12. The Labute approximate surface area is 80.0 Å². The number of benzene rings is 1. The molecule has 0 heterocycles. The third kappa shape index (κ3) is 1.08. The molecule has 0 radical (unpaired) electrons. The minimum Gasteiger partial charge on any atom is -0.478 e. The third-order valence-electron chi connectivity index (χ3n) is 2.13. The Morgan fingerprint density at radius 2 is 2.00 bits per heavy atom. The number of carbonyl (C=O) groups is 1. The van der Waals surface area contributed by atoms with E-state index in [1.165, 1.54) is 6.08 Å². The van der Waals surface area contributed by atoms with Crippen LogP contribution in [0.3, 0.4) is 0 Å². The number of carboxylic acids is 1. The fraction of sp³-hybridized carbons (Fsp3) is 0. The van der Waals surface area contributed by atoms with Gasteiger partial charge in [0.15, 0.2) is 0 Å². The minimum atomic E-state index is -1.10. The maximum absolute atomic E-state index is 10.8. The molecule has 0 aromatic heterocycles. The van der Waals surface area contributed by atoms with E-state index in [9.17, 15) is 9.59 Å². The van der Waals surface area contributed by atoms with Gasteiger partial charge >= 0.3 is 5.97 Å². The van der Waals surface area contributed by atoms with Crippen LogP contribution in [0.5, 0.6) is 0 Å². The smallest absolute Gasteiger partial charge is 0.337 e. The van der Waals surface area contributed by atoms with E-state index in [4.69, 9.17) is 5.11 Å². The molecule has 1 aliphatic rings. The molecule has 1 N–H and O–H groups in total. The van der Waals surface area contributed by atoms with Crippen molar-refractivity contribution < 1.29 is 14.7 Å². The van der Waals surface area contributed by atoms with Crippen LogP contribution in [0.2, 0.25) is 0 Å². The maximum atomic E-state index is 10.8. The van der Waals surface area contributed by atoms with Gasteiger partial charge in [-0.25, -0.2) is 9.59 Å². The minimum absolute atomic E-state index is 0.0150. The Bertz CT molecular complexity index is 491. The predicted octanol–water partition coefficient (Wildman–Crippen LogP) is 1.38. The molecule has 1 aromatic rings. The van der Waals surface area contributed by atoms with Crippen molar-refractivity contribution in [1.29, 1.82) is 0 Å². The molecule has 0 unspecified atom stereocenters. The number of rotatable bonds is 1. The van der Waals surface area contributed by atoms with E-state index in [0.717, 1.165) is 5.56 Å². The largest absolute Gasteiger partial charge is 0.478 e. The average Bonchev–Trinajstić information content (AvgIpc) is 2.56. The molecule has 3 nitrogen and oxygen atoms in total. The summed E-state index contributed by atoms with van der Waals surface area (Å²) < 4.78 is 0. The molecular weight excluding hydrogens is 180 g/mol. The number of fused-ring (bicyclic) bond motifs is 1. The van der Waals surface area contributed by atoms with Crippen LogP contribution in [-0.4, -0.2) is 17.0 Å². The molecule has 1 aromatic carbocycles. The quantitative estimate of drug-likeness (QED) is 0.674. The summed E-state index contributed by atoms with van der Waals surface area (Å²) in [7, 11) is 0. The lowest BCUT2D eigenvalue weighted by Crippen LogP contribution is -1.99. The fourth-order valence-corrected chi connectivity index (χ4v) is 1.50. The summed E-state index contributed by atoms with van der Waals surface area (Å²) in [6, 6.07) is 7.03. The number of hydrogen-bond donors (Lipinski definition) is 1. The summed E-state index contributed by atoms with van der Waals surface area (Å²) in [5.74, 6) is 0.571. The molecule has 0 saturated carbocycles. The molecule has 68 valence electrons. The number of carboxylic acid groups (broad SMARTS) is 1. The van der Waals surface area contributed by atoms with Crippen molar-refractivity contribution >= 4 is 23.6 Å². The monoisotopic (exact) mass is 186 g/mol. The van der Waals surface area contributed by atoms with Crippen molar-refractivity contribution in [3.05, 3.63) is 41.0 Å². The van der Waals surface area contributed by atoms with Gasteiger partial charge in [-0.2, -0.15) is 0 Å². The first-order valence-corrected chi connectivity index (χ1v) is 4.04. The first-order valence-electron chi connectivity index (χ1n) is 4.04. The lowest BCUT2D eigenvalue weighted by atomic mass is 10.1. The van der Waals surface area contributed by atoms with Gasteiger partial charge in [0, 0.05) is 5.56 Å². The number of hydrogen-bond acceptors (Lipinski definition) is 2. The second-order valence-electron chi connectivity index (χ2n) is 2.93. The van der Waals surface area contributed by atoms with Crippen molar-refractivity contribution in [2.75, 3.05) is 0 Å². The molecule has 0 bridgehead atoms. The van der Waals surface area contributed by atoms with Crippen molar-refractivity contribution in [3.63, 3.8) is 0 Å². The summed E-state index contributed by atoms with van der Waals surface area (Å²) in [5.41, 5.74) is 1.54. The van der Waals surface area contributed by atoms with E-state index < -0.39 is 5.97 Å². The van der Waals surface area contributed by atoms with Crippen LogP contribution < -0.4 is 0 Å². The van der Waals surface area contributed by atoms with E-state index in [1.807, 2.05) is 0 Å². The number of carbonyl (C=O) groups excluding carboxylic acids is 1. The van der Waals surface area contributed by atoms with Crippen molar-refractivity contribution in [1.82, 2.24) is 0 Å². The van der Waals surface area contributed by atoms with Gasteiger partial charge in [-0.15, -0.1) is 0 Å². The zero-order valence-corrected chi connectivity index (χ0v) is 7.15. The SMILES string of the molecule is O=C=C1C(C(=O)O)=Cc2ccccc21. The molecule has 0 saturated heterocycles. The van der Waals surface area contributed by atoms with Gasteiger partial charge < -0.3 is 5.11 Å². The predicted molar refractivity (Wildman–Crippen MR) is 51.2 cm³/mol. The second-order valence-corrected chi connectivity index (χ2v) is 2.93. The van der Waals surface area contributed by atoms with Gasteiger partial charge in [-0.1, -0.05) is 24.3 Å². The highest BCUT2D eigenvalue weighted by molar-refractivity contribution is 6.20. The summed E-state index contributed by atoms with van der Waals surface area (Å²) in [4.78, 5) is 21.4. The Balaban J connectivity index is 2.67. The summed E-state index contributed by atoms with van der Waals surface area (Å²) in [6.07, 6.45) is 1.48. The Morgan fingerprint density at radius 3 is 2.64 bits per heavy atom. The van der Waals surface area contributed by atoms with E-state index >= 15 is 0 Å². The summed E-state index contributed by atoms with van der Waals surface area (Å²) in [5, 5.41) is 8.82. The summed E-state index contributed by atoms with van der Waals surface area (Å²) >= 11 is 0. The van der Waals surface area contributed by atoms with E-state index in [2.05, 4.69) is 0 Å². The van der Waals surface area contributed by atoms with Crippen LogP contribution in [0.4, 0.5) is 0 Å². The molecule has 0 fully saturated rings. The summed E-state index contributed by atoms with van der Waals surface area (Å²) in [6.45, 7) is 0. The van der Waals surface area contributed by atoms with E-state index in [0.29, 0.717) is 5.56 Å². The second kappa shape index (κ2) is 2.98. The average molecular weight is 186 g/mol. The van der Waals surface area contributed by atoms with Gasteiger partial charge in [-0.05, 0) is 11.6 Å². The van der Waals surface area contributed by atoms with Crippen LogP contribution in [0.25, 0.3) is 11.6 Å². The normalized spacial score (nSPS) is 13.1. The topological polar surface area (TPSA) is 54.4 Å².